The summed E-state index contributed by atoms with van der Waals surface area (Å²) in [7, 11) is -3.48. The maximum atomic E-state index is 12.5. The lowest BCUT2D eigenvalue weighted by atomic mass is 9.91. The van der Waals surface area contributed by atoms with Gasteiger partial charge in [-0.1, -0.05) is 18.5 Å². The number of Topliss-reactive ketones (excluding diaryl/α,β-unsaturated/α-hetero) is 1. The van der Waals surface area contributed by atoms with Crippen LogP contribution in [0, 0.1) is 5.92 Å². The summed E-state index contributed by atoms with van der Waals surface area (Å²) in [5.41, 5.74) is 0.576. The van der Waals surface area contributed by atoms with Crippen LogP contribution < -0.4 is 4.72 Å². The number of hydrogen-bond acceptors (Lipinski definition) is 3. The van der Waals surface area contributed by atoms with Crippen molar-refractivity contribution >= 4 is 27.6 Å². The number of benzene rings is 1. The molecule has 1 saturated heterocycles. The average molecular weight is 331 g/mol. The van der Waals surface area contributed by atoms with Gasteiger partial charge in [0.2, 0.25) is 0 Å². The van der Waals surface area contributed by atoms with E-state index in [0.717, 1.165) is 0 Å². The fraction of sp³-hybridized carbons (Fsp3) is 0.500. The Kier molecular flexibility index (Phi) is 5.37. The smallest absolute Gasteiger partial charge is 0.279 e. The van der Waals surface area contributed by atoms with Crippen molar-refractivity contribution in [2.75, 3.05) is 19.6 Å². The van der Waals surface area contributed by atoms with Gasteiger partial charge in [-0.15, -0.1) is 0 Å². The number of ketones is 1. The Morgan fingerprint density at radius 3 is 2.67 bits per heavy atom. The molecule has 0 amide bonds. The molecule has 1 heterocycles. The molecule has 1 aromatic rings. The Balaban J connectivity index is 2.10. The Hall–Kier alpha value is -0.950. The molecule has 1 fully saturated rings. The summed E-state index contributed by atoms with van der Waals surface area (Å²) in [6.45, 7) is 2.77. The molecular formula is C14H19ClN2O3S. The molecule has 1 aliphatic rings. The summed E-state index contributed by atoms with van der Waals surface area (Å²) in [5.74, 6) is -0.323. The van der Waals surface area contributed by atoms with Crippen LogP contribution in [0.25, 0.3) is 0 Å². The molecule has 1 atom stereocenters. The minimum atomic E-state index is -3.48. The van der Waals surface area contributed by atoms with Crippen molar-refractivity contribution in [3.8, 4) is 0 Å². The van der Waals surface area contributed by atoms with E-state index in [9.17, 15) is 13.2 Å². The van der Waals surface area contributed by atoms with Crippen LogP contribution in [0.4, 0.5) is 0 Å². The number of rotatable bonds is 5. The number of halogens is 1. The van der Waals surface area contributed by atoms with Gasteiger partial charge in [-0.2, -0.15) is 12.7 Å². The third kappa shape index (κ3) is 4.03. The first-order chi connectivity index (χ1) is 9.94. The Morgan fingerprint density at radius 2 is 2.05 bits per heavy atom. The quantitative estimate of drug-likeness (QED) is 0.841. The van der Waals surface area contributed by atoms with E-state index in [2.05, 4.69) is 4.72 Å². The van der Waals surface area contributed by atoms with Gasteiger partial charge < -0.3 is 0 Å². The normalized spacial score (nSPS) is 20.4. The van der Waals surface area contributed by atoms with Crippen LogP contribution in [0.15, 0.2) is 24.3 Å². The molecular weight excluding hydrogens is 312 g/mol. The second kappa shape index (κ2) is 6.87. The highest BCUT2D eigenvalue weighted by molar-refractivity contribution is 7.87. The summed E-state index contributed by atoms with van der Waals surface area (Å²) >= 11 is 5.81. The maximum Gasteiger partial charge on any atom is 0.279 e. The number of nitrogens with one attached hydrogen (secondary N) is 1. The van der Waals surface area contributed by atoms with Crippen LogP contribution in [0.5, 0.6) is 0 Å². The molecule has 1 aromatic carbocycles. The lowest BCUT2D eigenvalue weighted by Crippen LogP contribution is -2.47. The first-order valence-electron chi connectivity index (χ1n) is 6.98. The second-order valence-electron chi connectivity index (χ2n) is 5.07. The fourth-order valence-electron chi connectivity index (χ4n) is 2.50. The van der Waals surface area contributed by atoms with Gasteiger partial charge in [0.15, 0.2) is 5.78 Å². The molecule has 116 valence electrons. The second-order valence-corrected chi connectivity index (χ2v) is 7.26. The molecule has 0 aliphatic carbocycles. The summed E-state index contributed by atoms with van der Waals surface area (Å²) in [6.07, 6.45) is 1.40. The Bertz CT molecular complexity index is 601. The monoisotopic (exact) mass is 330 g/mol. The number of nitrogens with zero attached hydrogens (tertiary/aromatic N) is 1. The molecule has 1 unspecified atom stereocenters. The highest BCUT2D eigenvalue weighted by atomic mass is 35.5. The van der Waals surface area contributed by atoms with Crippen molar-refractivity contribution in [3.05, 3.63) is 34.9 Å². The van der Waals surface area contributed by atoms with Crippen LogP contribution in [0.2, 0.25) is 5.02 Å². The SMILES string of the molecule is CCNS(=O)(=O)N1CCCC(C(=O)c2ccc(Cl)cc2)C1. The largest absolute Gasteiger partial charge is 0.294 e. The third-order valence-electron chi connectivity index (χ3n) is 3.55. The summed E-state index contributed by atoms with van der Waals surface area (Å²) in [6, 6.07) is 6.71. The van der Waals surface area contributed by atoms with Gasteiger partial charge in [-0.3, -0.25) is 4.79 Å². The zero-order valence-electron chi connectivity index (χ0n) is 11.9. The standard InChI is InChI=1S/C14H19ClN2O3S/c1-2-16-21(19,20)17-9-3-4-12(10-17)14(18)11-5-7-13(15)8-6-11/h5-8,12,16H,2-4,9-10H2,1H3. The van der Waals surface area contributed by atoms with Crippen LogP contribution >= 0.6 is 11.6 Å². The molecule has 7 heteroatoms. The molecule has 1 aliphatic heterocycles. The lowest BCUT2D eigenvalue weighted by molar-refractivity contribution is 0.0872. The molecule has 0 aromatic heterocycles. The van der Waals surface area contributed by atoms with Crippen molar-refractivity contribution in [2.24, 2.45) is 5.92 Å². The van der Waals surface area contributed by atoms with Gasteiger partial charge in [-0.05, 0) is 37.1 Å². The minimum Gasteiger partial charge on any atom is -0.294 e. The summed E-state index contributed by atoms with van der Waals surface area (Å²) in [4.78, 5) is 12.5. The fourth-order valence-corrected chi connectivity index (χ4v) is 3.92. The van der Waals surface area contributed by atoms with Crippen LogP contribution in [-0.2, 0) is 10.2 Å². The molecule has 1 N–H and O–H groups in total. The molecule has 0 bridgehead atoms. The van der Waals surface area contributed by atoms with Crippen LogP contribution in [0.1, 0.15) is 30.1 Å². The molecule has 0 radical (unpaired) electrons. The zero-order valence-corrected chi connectivity index (χ0v) is 13.5. The van der Waals surface area contributed by atoms with E-state index >= 15 is 0 Å². The van der Waals surface area contributed by atoms with Gasteiger partial charge in [0, 0.05) is 36.1 Å². The van der Waals surface area contributed by atoms with Gasteiger partial charge >= 0.3 is 0 Å². The predicted octanol–water partition coefficient (Wildman–Crippen LogP) is 2.09. The van der Waals surface area contributed by atoms with Gasteiger partial charge in [0.1, 0.15) is 0 Å². The molecule has 2 rings (SSSR count). The zero-order chi connectivity index (χ0) is 15.5. The van der Waals surface area contributed by atoms with Crippen LogP contribution in [0.3, 0.4) is 0 Å². The summed E-state index contributed by atoms with van der Waals surface area (Å²) in [5, 5.41) is 0.576. The van der Waals surface area contributed by atoms with Crippen molar-refractivity contribution < 1.29 is 13.2 Å². The summed E-state index contributed by atoms with van der Waals surface area (Å²) < 4.78 is 27.9. The van der Waals surface area contributed by atoms with E-state index in [1.165, 1.54) is 4.31 Å². The Morgan fingerprint density at radius 1 is 1.38 bits per heavy atom. The van der Waals surface area contributed by atoms with Crippen molar-refractivity contribution in [1.29, 1.82) is 0 Å². The van der Waals surface area contributed by atoms with E-state index in [-0.39, 0.29) is 18.2 Å². The predicted molar refractivity (Wildman–Crippen MR) is 82.7 cm³/mol. The molecule has 0 spiro atoms. The average Bonchev–Trinajstić information content (AvgIpc) is 2.47. The van der Waals surface area contributed by atoms with Crippen molar-refractivity contribution in [1.82, 2.24) is 9.03 Å². The molecule has 5 nitrogen and oxygen atoms in total. The van der Waals surface area contributed by atoms with Gasteiger partial charge in [0.25, 0.3) is 10.2 Å². The van der Waals surface area contributed by atoms with E-state index in [4.69, 9.17) is 11.6 Å². The van der Waals surface area contributed by atoms with Crippen molar-refractivity contribution in [3.63, 3.8) is 0 Å². The number of hydrogen-bond donors (Lipinski definition) is 1. The number of carbonyl (C=O) groups excluding carboxylic acids is 1. The highest BCUT2D eigenvalue weighted by Crippen LogP contribution is 2.23. The maximum absolute atomic E-state index is 12.5. The van der Waals surface area contributed by atoms with Gasteiger partial charge in [0.05, 0.1) is 0 Å². The van der Waals surface area contributed by atoms with E-state index in [1.807, 2.05) is 0 Å². The minimum absolute atomic E-state index is 0.0249. The van der Waals surface area contributed by atoms with E-state index in [1.54, 1.807) is 31.2 Å². The van der Waals surface area contributed by atoms with Crippen LogP contribution in [-0.4, -0.2) is 38.1 Å². The highest BCUT2D eigenvalue weighted by Gasteiger charge is 2.32. The van der Waals surface area contributed by atoms with Crippen molar-refractivity contribution in [2.45, 2.75) is 19.8 Å². The topological polar surface area (TPSA) is 66.5 Å². The molecule has 0 saturated carbocycles. The molecule has 21 heavy (non-hydrogen) atoms. The Labute approximate surface area is 130 Å². The number of carbonyl (C=O) groups is 1. The lowest BCUT2D eigenvalue weighted by Gasteiger charge is -2.31. The van der Waals surface area contributed by atoms with E-state index in [0.29, 0.717) is 36.5 Å². The van der Waals surface area contributed by atoms with E-state index < -0.39 is 10.2 Å². The number of piperidine rings is 1. The van der Waals surface area contributed by atoms with Gasteiger partial charge in [-0.25, -0.2) is 4.72 Å². The first kappa shape index (κ1) is 16.4. The first-order valence-corrected chi connectivity index (χ1v) is 8.80. The third-order valence-corrected chi connectivity index (χ3v) is 5.47.